The van der Waals surface area contributed by atoms with Gasteiger partial charge in [-0.1, -0.05) is 26.2 Å². The number of thioether (sulfide) groups is 1. The topological polar surface area (TPSA) is 49.9 Å². The maximum Gasteiger partial charge on any atom is 0.320 e. The third-order valence-electron chi connectivity index (χ3n) is 4.75. The summed E-state index contributed by atoms with van der Waals surface area (Å²) in [7, 11) is 0. The lowest BCUT2D eigenvalue weighted by atomic mass is 9.89. The van der Waals surface area contributed by atoms with Gasteiger partial charge in [-0.25, -0.2) is 0 Å². The van der Waals surface area contributed by atoms with Gasteiger partial charge in [-0.05, 0) is 20.3 Å². The Hall–Kier alpha value is -0.750. The summed E-state index contributed by atoms with van der Waals surface area (Å²) in [6, 6.07) is 0. The molecule has 0 unspecified atom stereocenters. The number of carbonyl (C=O) groups excluding carboxylic acids is 2. The van der Waals surface area contributed by atoms with Crippen molar-refractivity contribution >= 4 is 23.6 Å². The Morgan fingerprint density at radius 3 is 2.82 bits per heavy atom. The van der Waals surface area contributed by atoms with Gasteiger partial charge < -0.3 is 9.64 Å². The normalized spacial score (nSPS) is 28.8. The first-order valence-electron chi connectivity index (χ1n) is 8.34. The van der Waals surface area contributed by atoms with E-state index in [4.69, 9.17) is 4.74 Å². The number of ether oxygens (including phenoxy) is 1. The van der Waals surface area contributed by atoms with Crippen LogP contribution >= 0.6 is 11.8 Å². The lowest BCUT2D eigenvalue weighted by Gasteiger charge is -2.51. The van der Waals surface area contributed by atoms with E-state index < -0.39 is 0 Å². The average molecular weight is 328 g/mol. The van der Waals surface area contributed by atoms with Crippen molar-refractivity contribution in [3.63, 3.8) is 0 Å². The molecule has 2 rings (SSSR count). The zero-order valence-electron chi connectivity index (χ0n) is 14.0. The summed E-state index contributed by atoms with van der Waals surface area (Å²) in [5.74, 6) is 0.654. The summed E-state index contributed by atoms with van der Waals surface area (Å²) in [5.41, 5.74) is -0.142. The van der Waals surface area contributed by atoms with Crippen molar-refractivity contribution in [1.82, 2.24) is 9.80 Å². The molecule has 0 aromatic heterocycles. The molecule has 126 valence electrons. The zero-order valence-corrected chi connectivity index (χ0v) is 14.8. The van der Waals surface area contributed by atoms with Crippen molar-refractivity contribution in [2.45, 2.75) is 57.4 Å². The minimum absolute atomic E-state index is 0.142. The average Bonchev–Trinajstić information content (AvgIpc) is 2.85. The van der Waals surface area contributed by atoms with Crippen LogP contribution in [0.2, 0.25) is 0 Å². The van der Waals surface area contributed by atoms with Gasteiger partial charge in [-0.3, -0.25) is 14.5 Å². The quantitative estimate of drug-likeness (QED) is 0.529. The molecule has 22 heavy (non-hydrogen) atoms. The Bertz CT molecular complexity index is 418. The van der Waals surface area contributed by atoms with Crippen molar-refractivity contribution in [1.29, 1.82) is 0 Å². The van der Waals surface area contributed by atoms with Gasteiger partial charge in [0.25, 0.3) is 0 Å². The molecule has 2 aliphatic heterocycles. The molecule has 0 aromatic carbocycles. The molecule has 0 saturated carbocycles. The lowest BCUT2D eigenvalue weighted by Crippen LogP contribution is -2.65. The molecule has 5 nitrogen and oxygen atoms in total. The largest absolute Gasteiger partial charge is 0.465 e. The van der Waals surface area contributed by atoms with Gasteiger partial charge in [0.15, 0.2) is 0 Å². The maximum atomic E-state index is 12.1. The van der Waals surface area contributed by atoms with Crippen LogP contribution in [0.5, 0.6) is 0 Å². The Kier molecular flexibility index (Phi) is 6.15. The van der Waals surface area contributed by atoms with Crippen molar-refractivity contribution in [3.05, 3.63) is 0 Å². The fourth-order valence-electron chi connectivity index (χ4n) is 3.49. The zero-order chi connectivity index (χ0) is 16.2. The predicted molar refractivity (Wildman–Crippen MR) is 88.7 cm³/mol. The Balaban J connectivity index is 2.12. The molecule has 1 amide bonds. The standard InChI is InChI=1S/C16H28N2O3S/c1-4-6-7-8-16(3)15-18(13(19)12-22-15)10-9-17(16)11-14(20)21-5-2/h15H,4-12H2,1-3H3/t15-,16-/m0/s1. The van der Waals surface area contributed by atoms with Crippen LogP contribution in [0.4, 0.5) is 0 Å². The van der Waals surface area contributed by atoms with Crippen LogP contribution in [-0.4, -0.2) is 64.6 Å². The number of carbonyl (C=O) groups is 2. The molecule has 2 atom stereocenters. The molecule has 0 spiro atoms. The Labute approximate surface area is 137 Å². The molecular weight excluding hydrogens is 300 g/mol. The first-order valence-corrected chi connectivity index (χ1v) is 9.39. The van der Waals surface area contributed by atoms with Crippen molar-refractivity contribution in [3.8, 4) is 0 Å². The SMILES string of the molecule is CCCCC[C@@]1(C)[C@@H]2SCC(=O)N2CCN1CC(=O)OCC. The molecule has 2 saturated heterocycles. The van der Waals surface area contributed by atoms with E-state index in [9.17, 15) is 9.59 Å². The number of amides is 1. The van der Waals surface area contributed by atoms with Crippen LogP contribution in [0.15, 0.2) is 0 Å². The van der Waals surface area contributed by atoms with Gasteiger partial charge in [0.2, 0.25) is 5.91 Å². The number of fused-ring (bicyclic) bond motifs is 1. The summed E-state index contributed by atoms with van der Waals surface area (Å²) >= 11 is 1.73. The number of rotatable bonds is 7. The molecule has 0 aromatic rings. The van der Waals surface area contributed by atoms with Crippen LogP contribution in [0.25, 0.3) is 0 Å². The number of unbranched alkanes of at least 4 members (excludes halogenated alkanes) is 2. The molecule has 0 bridgehead atoms. The van der Waals surface area contributed by atoms with E-state index in [1.54, 1.807) is 11.8 Å². The summed E-state index contributed by atoms with van der Waals surface area (Å²) < 4.78 is 5.13. The second kappa shape index (κ2) is 7.68. The highest BCUT2D eigenvalue weighted by Crippen LogP contribution is 2.42. The molecule has 0 N–H and O–H groups in total. The monoisotopic (exact) mass is 328 g/mol. The van der Waals surface area contributed by atoms with Crippen LogP contribution in [0.3, 0.4) is 0 Å². The number of piperazine rings is 1. The van der Waals surface area contributed by atoms with E-state index in [1.807, 2.05) is 11.8 Å². The highest BCUT2D eigenvalue weighted by molar-refractivity contribution is 8.01. The van der Waals surface area contributed by atoms with Gasteiger partial charge in [0.1, 0.15) is 0 Å². The van der Waals surface area contributed by atoms with Crippen LogP contribution in [-0.2, 0) is 14.3 Å². The van der Waals surface area contributed by atoms with Gasteiger partial charge in [0, 0.05) is 18.6 Å². The molecule has 0 radical (unpaired) electrons. The summed E-state index contributed by atoms with van der Waals surface area (Å²) in [5, 5.41) is 0.167. The van der Waals surface area contributed by atoms with Gasteiger partial charge in [0.05, 0.1) is 24.3 Å². The minimum atomic E-state index is -0.160. The number of nitrogens with zero attached hydrogens (tertiary/aromatic N) is 2. The van der Waals surface area contributed by atoms with Crippen molar-refractivity contribution < 1.29 is 14.3 Å². The first kappa shape index (κ1) is 17.6. The molecule has 6 heteroatoms. The fourth-order valence-corrected chi connectivity index (χ4v) is 4.98. The van der Waals surface area contributed by atoms with Crippen LogP contribution in [0.1, 0.15) is 46.5 Å². The molecular formula is C16H28N2O3S. The second-order valence-corrected chi connectivity index (χ2v) is 7.36. The first-order chi connectivity index (χ1) is 10.5. The van der Waals surface area contributed by atoms with Crippen LogP contribution in [0, 0.1) is 0 Å². The second-order valence-electron chi connectivity index (χ2n) is 6.29. The lowest BCUT2D eigenvalue weighted by molar-refractivity contribution is -0.149. The Morgan fingerprint density at radius 1 is 1.36 bits per heavy atom. The molecule has 2 fully saturated rings. The van der Waals surface area contributed by atoms with Gasteiger partial charge in [-0.15, -0.1) is 11.8 Å². The van der Waals surface area contributed by atoms with E-state index in [-0.39, 0.29) is 22.8 Å². The third-order valence-corrected chi connectivity index (χ3v) is 6.24. The van der Waals surface area contributed by atoms with Gasteiger partial charge >= 0.3 is 5.97 Å². The fraction of sp³-hybridized carbons (Fsp3) is 0.875. The summed E-state index contributed by atoms with van der Waals surface area (Å²) in [4.78, 5) is 28.2. The maximum absolute atomic E-state index is 12.1. The van der Waals surface area contributed by atoms with E-state index >= 15 is 0 Å². The molecule has 0 aliphatic carbocycles. The van der Waals surface area contributed by atoms with Crippen LogP contribution < -0.4 is 0 Å². The van der Waals surface area contributed by atoms with E-state index in [2.05, 4.69) is 18.7 Å². The number of hydrogen-bond acceptors (Lipinski definition) is 5. The van der Waals surface area contributed by atoms with E-state index in [0.29, 0.717) is 18.9 Å². The predicted octanol–water partition coefficient (Wildman–Crippen LogP) is 2.11. The highest BCUT2D eigenvalue weighted by atomic mass is 32.2. The molecule has 2 aliphatic rings. The molecule has 2 heterocycles. The summed E-state index contributed by atoms with van der Waals surface area (Å²) in [6.45, 7) is 8.47. The highest BCUT2D eigenvalue weighted by Gasteiger charge is 2.51. The number of hydrogen-bond donors (Lipinski definition) is 0. The third kappa shape index (κ3) is 3.59. The van der Waals surface area contributed by atoms with E-state index in [0.717, 1.165) is 25.9 Å². The van der Waals surface area contributed by atoms with Crippen molar-refractivity contribution in [2.24, 2.45) is 0 Å². The van der Waals surface area contributed by atoms with E-state index in [1.165, 1.54) is 12.8 Å². The van der Waals surface area contributed by atoms with Crippen molar-refractivity contribution in [2.75, 3.05) is 32.0 Å². The van der Waals surface area contributed by atoms with Gasteiger partial charge in [-0.2, -0.15) is 0 Å². The Morgan fingerprint density at radius 2 is 2.14 bits per heavy atom. The summed E-state index contributed by atoms with van der Waals surface area (Å²) in [6.07, 6.45) is 4.51. The minimum Gasteiger partial charge on any atom is -0.465 e. The number of esters is 1. The smallest absolute Gasteiger partial charge is 0.320 e.